The lowest BCUT2D eigenvalue weighted by Gasteiger charge is -1.80. The molecule has 0 radical (unpaired) electrons. The number of nitrogens with zero attached hydrogens (tertiary/aromatic N) is 2. The predicted octanol–water partition coefficient (Wildman–Crippen LogP) is 1.93. The van der Waals surface area contributed by atoms with E-state index in [9.17, 15) is 0 Å². The summed E-state index contributed by atoms with van der Waals surface area (Å²) < 4.78 is 1.78. The molecule has 2 heteroatoms. The zero-order valence-corrected chi connectivity index (χ0v) is 5.77. The van der Waals surface area contributed by atoms with Crippen molar-refractivity contribution in [1.29, 1.82) is 0 Å². The first-order valence-corrected chi connectivity index (χ1v) is 3.18. The molecule has 0 aromatic carbocycles. The van der Waals surface area contributed by atoms with E-state index < -0.39 is 0 Å². The molecule has 52 valence electrons. The monoisotopic (exact) mass is 134 g/mol. The van der Waals surface area contributed by atoms with Gasteiger partial charge < -0.3 is 4.57 Å². The average Bonchev–Trinajstić information content (AvgIpc) is 2.75. The van der Waals surface area contributed by atoms with E-state index in [0.717, 1.165) is 0 Å². The summed E-state index contributed by atoms with van der Waals surface area (Å²) in [5, 5.41) is 0. The lowest BCUT2D eigenvalue weighted by atomic mass is 10.9. The first kappa shape index (κ1) is 6.81. The predicted molar refractivity (Wildman–Crippen MR) is 42.4 cm³/mol. The standard InChI is InChI=1S/C5H6N2.C3H4/c1-2-7-4-3-6-5-7;1-2-3-1/h2-5H,1H2;1-2H,3H2. The van der Waals surface area contributed by atoms with Crippen LogP contribution in [0.2, 0.25) is 0 Å². The highest BCUT2D eigenvalue weighted by atomic mass is 15.0. The highest BCUT2D eigenvalue weighted by Crippen LogP contribution is 1.96. The fraction of sp³-hybridized carbons (Fsp3) is 0.125. The third kappa shape index (κ3) is 2.87. The van der Waals surface area contributed by atoms with Gasteiger partial charge in [-0.15, -0.1) is 0 Å². The molecule has 0 spiro atoms. The SMILES string of the molecule is C1=CC1.C=Cn1ccnc1. The third-order valence-electron chi connectivity index (χ3n) is 0.971. The first-order chi connectivity index (χ1) is 4.93. The van der Waals surface area contributed by atoms with E-state index in [-0.39, 0.29) is 0 Å². The van der Waals surface area contributed by atoms with Crippen molar-refractivity contribution < 1.29 is 0 Å². The van der Waals surface area contributed by atoms with E-state index in [4.69, 9.17) is 0 Å². The number of imidazole rings is 1. The molecule has 0 bridgehead atoms. The fourth-order valence-corrected chi connectivity index (χ4v) is 0.377. The lowest BCUT2D eigenvalue weighted by molar-refractivity contribution is 1.14. The molecule has 2 rings (SSSR count). The average molecular weight is 134 g/mol. The molecule has 10 heavy (non-hydrogen) atoms. The third-order valence-corrected chi connectivity index (χ3v) is 0.971. The molecule has 0 amide bonds. The van der Waals surface area contributed by atoms with Gasteiger partial charge in [0.15, 0.2) is 0 Å². The van der Waals surface area contributed by atoms with Crippen LogP contribution in [0.5, 0.6) is 0 Å². The van der Waals surface area contributed by atoms with Gasteiger partial charge in [0.25, 0.3) is 0 Å². The molecule has 0 fully saturated rings. The van der Waals surface area contributed by atoms with Crippen molar-refractivity contribution in [3.63, 3.8) is 0 Å². The van der Waals surface area contributed by atoms with Crippen molar-refractivity contribution in [2.45, 2.75) is 6.42 Å². The number of aromatic nitrogens is 2. The molecule has 1 heterocycles. The normalized spacial score (nSPS) is 11.6. The van der Waals surface area contributed by atoms with Crippen molar-refractivity contribution in [2.75, 3.05) is 0 Å². The van der Waals surface area contributed by atoms with Crippen LogP contribution in [0.1, 0.15) is 6.42 Å². The molecule has 1 aromatic rings. The van der Waals surface area contributed by atoms with E-state index in [1.54, 1.807) is 23.3 Å². The highest BCUT2D eigenvalue weighted by molar-refractivity contribution is 5.14. The molecule has 1 aliphatic rings. The minimum Gasteiger partial charge on any atom is -0.314 e. The van der Waals surface area contributed by atoms with Crippen LogP contribution < -0.4 is 0 Å². The van der Waals surface area contributed by atoms with Gasteiger partial charge in [0.1, 0.15) is 0 Å². The van der Waals surface area contributed by atoms with Gasteiger partial charge in [-0.2, -0.15) is 0 Å². The topological polar surface area (TPSA) is 17.8 Å². The van der Waals surface area contributed by atoms with Gasteiger partial charge in [0.05, 0.1) is 6.33 Å². The van der Waals surface area contributed by atoms with Gasteiger partial charge in [-0.05, 0) is 6.42 Å². The Morgan fingerprint density at radius 1 is 1.50 bits per heavy atom. The Morgan fingerprint density at radius 3 is 2.40 bits per heavy atom. The Bertz CT molecular complexity index is 205. The molecule has 1 aliphatic carbocycles. The van der Waals surface area contributed by atoms with E-state index >= 15 is 0 Å². The van der Waals surface area contributed by atoms with Crippen molar-refractivity contribution in [3.8, 4) is 0 Å². The zero-order chi connectivity index (χ0) is 7.23. The molecular formula is C8H10N2. The van der Waals surface area contributed by atoms with Gasteiger partial charge >= 0.3 is 0 Å². The van der Waals surface area contributed by atoms with Gasteiger partial charge in [0, 0.05) is 18.6 Å². The molecule has 2 nitrogen and oxygen atoms in total. The summed E-state index contributed by atoms with van der Waals surface area (Å²) in [5.41, 5.74) is 0. The lowest BCUT2D eigenvalue weighted by Crippen LogP contribution is -1.73. The molecule has 0 aliphatic heterocycles. The van der Waals surface area contributed by atoms with Gasteiger partial charge in [0.2, 0.25) is 0 Å². The fourth-order valence-electron chi connectivity index (χ4n) is 0.377. The number of hydrogen-bond acceptors (Lipinski definition) is 1. The second kappa shape index (κ2) is 3.67. The van der Waals surface area contributed by atoms with E-state index in [0.29, 0.717) is 0 Å². The maximum atomic E-state index is 3.78. The smallest absolute Gasteiger partial charge is 0.0986 e. The zero-order valence-electron chi connectivity index (χ0n) is 5.77. The van der Waals surface area contributed by atoms with Gasteiger partial charge in [-0.25, -0.2) is 4.98 Å². The first-order valence-electron chi connectivity index (χ1n) is 3.18. The summed E-state index contributed by atoms with van der Waals surface area (Å²) in [5.74, 6) is 0. The molecule has 0 saturated heterocycles. The maximum absolute atomic E-state index is 3.78. The Kier molecular flexibility index (Phi) is 2.49. The molecule has 0 N–H and O–H groups in total. The van der Waals surface area contributed by atoms with E-state index in [1.165, 1.54) is 6.42 Å². The maximum Gasteiger partial charge on any atom is 0.0986 e. The van der Waals surface area contributed by atoms with Crippen LogP contribution in [-0.4, -0.2) is 9.55 Å². The van der Waals surface area contributed by atoms with E-state index in [1.807, 2.05) is 6.20 Å². The second-order valence-electron chi connectivity index (χ2n) is 1.90. The van der Waals surface area contributed by atoms with Crippen LogP contribution >= 0.6 is 0 Å². The van der Waals surface area contributed by atoms with Crippen molar-refractivity contribution in [2.24, 2.45) is 0 Å². The molecule has 0 atom stereocenters. The van der Waals surface area contributed by atoms with Crippen LogP contribution in [0.25, 0.3) is 6.20 Å². The van der Waals surface area contributed by atoms with E-state index in [2.05, 4.69) is 23.7 Å². The number of hydrogen-bond donors (Lipinski definition) is 0. The molecule has 0 unspecified atom stereocenters. The van der Waals surface area contributed by atoms with Crippen molar-refractivity contribution in [1.82, 2.24) is 9.55 Å². The van der Waals surface area contributed by atoms with Gasteiger partial charge in [-0.3, -0.25) is 0 Å². The second-order valence-corrected chi connectivity index (χ2v) is 1.90. The van der Waals surface area contributed by atoms with Crippen LogP contribution in [0, 0.1) is 0 Å². The summed E-state index contributed by atoms with van der Waals surface area (Å²) in [6, 6.07) is 0. The summed E-state index contributed by atoms with van der Waals surface area (Å²) in [6.07, 6.45) is 12.4. The quantitative estimate of drug-likeness (QED) is 0.536. The summed E-state index contributed by atoms with van der Waals surface area (Å²) in [7, 11) is 0. The number of rotatable bonds is 1. The highest BCUT2D eigenvalue weighted by Gasteiger charge is 1.75. The molecule has 1 aromatic heterocycles. The molecular weight excluding hydrogens is 124 g/mol. The largest absolute Gasteiger partial charge is 0.314 e. The summed E-state index contributed by atoms with van der Waals surface area (Å²) in [4.78, 5) is 3.78. The summed E-state index contributed by atoms with van der Waals surface area (Å²) >= 11 is 0. The van der Waals surface area contributed by atoms with Crippen molar-refractivity contribution >= 4 is 6.20 Å². The van der Waals surface area contributed by atoms with Crippen LogP contribution in [-0.2, 0) is 0 Å². The molecule has 0 saturated carbocycles. The minimum absolute atomic E-state index is 1.25. The Hall–Kier alpha value is -1.31. The number of allylic oxidation sites excluding steroid dienone is 2. The van der Waals surface area contributed by atoms with Gasteiger partial charge in [-0.1, -0.05) is 18.7 Å². The van der Waals surface area contributed by atoms with Crippen LogP contribution in [0.4, 0.5) is 0 Å². The summed E-state index contributed by atoms with van der Waals surface area (Å²) in [6.45, 7) is 3.53. The minimum atomic E-state index is 1.25. The Balaban J connectivity index is 0.000000138. The Labute approximate surface area is 60.5 Å². The van der Waals surface area contributed by atoms with Crippen molar-refractivity contribution in [3.05, 3.63) is 37.5 Å². The van der Waals surface area contributed by atoms with Crippen LogP contribution in [0.3, 0.4) is 0 Å². The van der Waals surface area contributed by atoms with Crippen LogP contribution in [0.15, 0.2) is 37.5 Å². The Morgan fingerprint density at radius 2 is 2.20 bits per heavy atom.